The molecule has 2 fully saturated rings. The van der Waals surface area contributed by atoms with Gasteiger partial charge < -0.3 is 24.4 Å². The molecule has 244 valence electrons. The van der Waals surface area contributed by atoms with Crippen LogP contribution in [0.25, 0.3) is 16.9 Å². The van der Waals surface area contributed by atoms with E-state index in [2.05, 4.69) is 32.0 Å². The molecule has 1 N–H and O–H groups in total. The van der Waals surface area contributed by atoms with E-state index in [-0.39, 0.29) is 41.2 Å². The minimum absolute atomic E-state index is 0.00233. The quantitative estimate of drug-likeness (QED) is 0.318. The van der Waals surface area contributed by atoms with Crippen molar-refractivity contribution in [3.05, 3.63) is 77.1 Å². The zero-order chi connectivity index (χ0) is 32.6. The van der Waals surface area contributed by atoms with Crippen LogP contribution < -0.4 is 9.64 Å². The largest absolute Gasteiger partial charge is 0.497 e. The van der Waals surface area contributed by atoms with Gasteiger partial charge >= 0.3 is 6.18 Å². The summed E-state index contributed by atoms with van der Waals surface area (Å²) >= 11 is 0. The number of aliphatic hydroxyl groups excluding tert-OH is 1. The van der Waals surface area contributed by atoms with Crippen LogP contribution in [0.4, 0.5) is 18.9 Å². The van der Waals surface area contributed by atoms with Gasteiger partial charge in [-0.2, -0.15) is 18.3 Å². The molecule has 0 saturated carbocycles. The zero-order valence-corrected chi connectivity index (χ0v) is 26.0. The molecule has 0 spiro atoms. The van der Waals surface area contributed by atoms with Gasteiger partial charge in [0.05, 0.1) is 44.9 Å². The summed E-state index contributed by atoms with van der Waals surface area (Å²) in [7, 11) is 1.51. The van der Waals surface area contributed by atoms with Gasteiger partial charge in [0.1, 0.15) is 11.3 Å². The first-order valence-electron chi connectivity index (χ1n) is 15.3. The second-order valence-corrected chi connectivity index (χ2v) is 11.7. The number of aliphatic hydroxyl groups is 1. The van der Waals surface area contributed by atoms with Gasteiger partial charge in [0.25, 0.3) is 5.91 Å². The number of rotatable bonds is 7. The Bertz CT molecular complexity index is 1700. The van der Waals surface area contributed by atoms with Gasteiger partial charge in [-0.3, -0.25) is 9.69 Å². The summed E-state index contributed by atoms with van der Waals surface area (Å²) in [5.41, 5.74) is 1.39. The summed E-state index contributed by atoms with van der Waals surface area (Å²) in [6.07, 6.45) is -3.57. The van der Waals surface area contributed by atoms with E-state index in [0.717, 1.165) is 28.9 Å². The highest BCUT2D eigenvalue weighted by Crippen LogP contribution is 2.37. The summed E-state index contributed by atoms with van der Waals surface area (Å²) in [6.45, 7) is 7.36. The number of fused-ring (bicyclic) bond motifs is 1. The third-order valence-electron chi connectivity index (χ3n) is 8.91. The Morgan fingerprint density at radius 1 is 1.11 bits per heavy atom. The van der Waals surface area contributed by atoms with E-state index in [4.69, 9.17) is 9.47 Å². The summed E-state index contributed by atoms with van der Waals surface area (Å²) in [6, 6.07) is 14.1. The molecule has 4 heterocycles. The number of aromatic nitrogens is 3. The molecule has 2 aromatic carbocycles. The summed E-state index contributed by atoms with van der Waals surface area (Å²) in [5.74, 6) is 0.113. The first kappa shape index (κ1) is 31.8. The predicted molar refractivity (Wildman–Crippen MR) is 166 cm³/mol. The van der Waals surface area contributed by atoms with Gasteiger partial charge in [0, 0.05) is 55.6 Å². The van der Waals surface area contributed by atoms with Crippen molar-refractivity contribution in [1.29, 1.82) is 0 Å². The minimum atomic E-state index is -4.74. The van der Waals surface area contributed by atoms with E-state index >= 15 is 0 Å². The number of benzene rings is 2. The molecule has 46 heavy (non-hydrogen) atoms. The topological polar surface area (TPSA) is 95.7 Å². The van der Waals surface area contributed by atoms with Gasteiger partial charge in [0.2, 0.25) is 0 Å². The third kappa shape index (κ3) is 6.02. The highest BCUT2D eigenvalue weighted by atomic mass is 19.4. The highest BCUT2D eigenvalue weighted by Gasteiger charge is 2.40. The molecule has 4 aromatic rings. The Labute approximate surface area is 264 Å². The number of halogens is 3. The molecule has 10 nitrogen and oxygen atoms in total. The average molecular weight is 639 g/mol. The molecule has 13 heteroatoms. The van der Waals surface area contributed by atoms with Crippen molar-refractivity contribution < 1.29 is 32.5 Å². The van der Waals surface area contributed by atoms with E-state index in [1.807, 2.05) is 19.1 Å². The van der Waals surface area contributed by atoms with Crippen molar-refractivity contribution in [2.75, 3.05) is 64.6 Å². The third-order valence-corrected chi connectivity index (χ3v) is 8.91. The maximum Gasteiger partial charge on any atom is 0.433 e. The van der Waals surface area contributed by atoms with Gasteiger partial charge in [-0.1, -0.05) is 12.1 Å². The van der Waals surface area contributed by atoms with Crippen LogP contribution in [0.3, 0.4) is 0 Å². The molecule has 2 aromatic heterocycles. The van der Waals surface area contributed by atoms with Crippen LogP contribution in [0, 0.1) is 6.92 Å². The van der Waals surface area contributed by atoms with Crippen LogP contribution in [0.15, 0.2) is 54.7 Å². The Balaban J connectivity index is 1.27. The monoisotopic (exact) mass is 638 g/mol. The van der Waals surface area contributed by atoms with E-state index in [1.165, 1.54) is 20.2 Å². The number of piperazine rings is 1. The normalized spacial score (nSPS) is 18.6. The molecule has 2 aliphatic rings. The van der Waals surface area contributed by atoms with Crippen LogP contribution in [0.5, 0.6) is 5.75 Å². The molecule has 6 rings (SSSR count). The molecule has 0 aliphatic carbocycles. The maximum atomic E-state index is 14.4. The van der Waals surface area contributed by atoms with Crippen molar-refractivity contribution in [2.24, 2.45) is 0 Å². The van der Waals surface area contributed by atoms with E-state index in [0.29, 0.717) is 44.2 Å². The van der Waals surface area contributed by atoms with Crippen molar-refractivity contribution in [3.63, 3.8) is 0 Å². The van der Waals surface area contributed by atoms with Gasteiger partial charge in [0.15, 0.2) is 11.3 Å². The highest BCUT2D eigenvalue weighted by molar-refractivity contribution is 6.00. The van der Waals surface area contributed by atoms with E-state index in [1.54, 1.807) is 29.2 Å². The number of methoxy groups -OCH3 is 1. The number of ether oxygens (including phenoxy) is 2. The number of amides is 1. The Kier molecular flexibility index (Phi) is 8.90. The van der Waals surface area contributed by atoms with Gasteiger partial charge in [-0.25, -0.2) is 9.50 Å². The lowest BCUT2D eigenvalue weighted by Crippen LogP contribution is -2.55. The lowest BCUT2D eigenvalue weighted by molar-refractivity contribution is -0.143. The molecule has 1 amide bonds. The molecule has 2 atom stereocenters. The standard InChI is InChI=1S/C33H37F3N6O4/c1-21-19-40(28(20-43)24-5-4-6-25(17-24)39-13-15-46-16-14-39)11-12-41(21)32(44)27-18-37-42-30(33(34,35)36)22(2)29(38-31(27)42)23-7-9-26(45-3)10-8-23/h4-10,17-18,21,28,43H,11-16,19-20H2,1-3H3/t21-,28-/m1/s1. The van der Waals surface area contributed by atoms with Crippen LogP contribution in [0.2, 0.25) is 0 Å². The second kappa shape index (κ2) is 12.9. The van der Waals surface area contributed by atoms with E-state index in [9.17, 15) is 23.1 Å². The molecule has 2 aliphatic heterocycles. The molecular weight excluding hydrogens is 601 g/mol. The number of morpholine rings is 1. The zero-order valence-electron chi connectivity index (χ0n) is 26.0. The number of nitrogens with zero attached hydrogens (tertiary/aromatic N) is 6. The number of carbonyl (C=O) groups is 1. The van der Waals surface area contributed by atoms with Gasteiger partial charge in [-0.15, -0.1) is 0 Å². The average Bonchev–Trinajstić information content (AvgIpc) is 3.47. The SMILES string of the molecule is COc1ccc(-c2nc3c(C(=O)N4CCN([C@H](CO)c5cccc(N6CCOCC6)c5)C[C@H]4C)cnn3c(C(F)(F)F)c2C)cc1. The fourth-order valence-electron chi connectivity index (χ4n) is 6.49. The first-order chi connectivity index (χ1) is 22.1. The Hall–Kier alpha value is -4.20. The second-order valence-electron chi connectivity index (χ2n) is 11.7. The number of alkyl halides is 3. The van der Waals surface area contributed by atoms with Crippen LogP contribution in [-0.4, -0.2) is 101 Å². The van der Waals surface area contributed by atoms with Gasteiger partial charge in [-0.05, 0) is 55.8 Å². The minimum Gasteiger partial charge on any atom is -0.497 e. The van der Waals surface area contributed by atoms with E-state index < -0.39 is 17.8 Å². The molecule has 0 bridgehead atoms. The van der Waals surface area contributed by atoms with Crippen molar-refractivity contribution in [3.8, 4) is 17.0 Å². The smallest absolute Gasteiger partial charge is 0.433 e. The summed E-state index contributed by atoms with van der Waals surface area (Å²) in [4.78, 5) is 24.6. The molecule has 2 saturated heterocycles. The predicted octanol–water partition coefficient (Wildman–Crippen LogP) is 4.45. The fraction of sp³-hybridized carbons (Fsp3) is 0.424. The van der Waals surface area contributed by atoms with Crippen molar-refractivity contribution >= 4 is 17.2 Å². The lowest BCUT2D eigenvalue weighted by atomic mass is 10.0. The number of hydrogen-bond donors (Lipinski definition) is 1. The number of hydrogen-bond acceptors (Lipinski definition) is 8. The maximum absolute atomic E-state index is 14.4. The summed E-state index contributed by atoms with van der Waals surface area (Å²) in [5, 5.41) is 14.5. The molecule has 0 radical (unpaired) electrons. The Morgan fingerprint density at radius 2 is 1.85 bits per heavy atom. The number of carbonyl (C=O) groups excluding carboxylic acids is 1. The summed E-state index contributed by atoms with van der Waals surface area (Å²) < 4.78 is 54.6. The molecule has 0 unspecified atom stereocenters. The van der Waals surface area contributed by atoms with Crippen molar-refractivity contribution in [2.45, 2.75) is 32.1 Å². The van der Waals surface area contributed by atoms with Crippen LogP contribution in [-0.2, 0) is 10.9 Å². The van der Waals surface area contributed by atoms with Crippen LogP contribution >= 0.6 is 0 Å². The first-order valence-corrected chi connectivity index (χ1v) is 15.3. The Morgan fingerprint density at radius 3 is 2.50 bits per heavy atom. The number of anilines is 1. The fourth-order valence-corrected chi connectivity index (χ4v) is 6.49. The van der Waals surface area contributed by atoms with Crippen LogP contribution in [0.1, 0.15) is 40.1 Å². The lowest BCUT2D eigenvalue weighted by Gasteiger charge is -2.43. The molecular formula is C33H37F3N6O4. The van der Waals surface area contributed by atoms with Crippen molar-refractivity contribution in [1.82, 2.24) is 24.4 Å².